The van der Waals surface area contributed by atoms with Crippen molar-refractivity contribution >= 4 is 21.6 Å². The molecule has 0 aromatic carbocycles. The summed E-state index contributed by atoms with van der Waals surface area (Å²) in [5.41, 5.74) is 1.58. The minimum atomic E-state index is -0.0884. The summed E-state index contributed by atoms with van der Waals surface area (Å²) in [5, 5.41) is 1.88. The Kier molecular flexibility index (Phi) is 4.80. The van der Waals surface area contributed by atoms with Gasteiger partial charge in [-0.15, -0.1) is 11.3 Å². The molecule has 23 heavy (non-hydrogen) atoms. The van der Waals surface area contributed by atoms with Crippen LogP contribution >= 0.6 is 11.3 Å². The second kappa shape index (κ2) is 6.99. The quantitative estimate of drug-likeness (QED) is 0.750. The summed E-state index contributed by atoms with van der Waals surface area (Å²) in [7, 11) is 3.64. The highest BCUT2D eigenvalue weighted by Gasteiger charge is 2.19. The molecule has 6 nitrogen and oxygen atoms in total. The minimum absolute atomic E-state index is 0.00956. The van der Waals surface area contributed by atoms with E-state index in [0.717, 1.165) is 11.2 Å². The van der Waals surface area contributed by atoms with E-state index in [1.165, 1.54) is 11.3 Å². The Bertz CT molecular complexity index is 831. The van der Waals surface area contributed by atoms with Crippen LogP contribution in [0.5, 0.6) is 0 Å². The van der Waals surface area contributed by atoms with Crippen molar-refractivity contribution in [3.05, 3.63) is 57.7 Å². The molecule has 0 radical (unpaired) electrons. The van der Waals surface area contributed by atoms with Crippen molar-refractivity contribution in [1.29, 1.82) is 0 Å². The van der Waals surface area contributed by atoms with E-state index in [1.54, 1.807) is 13.3 Å². The first-order chi connectivity index (χ1) is 11.2. The molecule has 0 spiro atoms. The maximum absolute atomic E-state index is 12.1. The smallest absolute Gasteiger partial charge is 0.268 e. The molecule has 0 amide bonds. The van der Waals surface area contributed by atoms with Crippen LogP contribution in [0.15, 0.2) is 40.6 Å². The van der Waals surface area contributed by atoms with Gasteiger partial charge < -0.3 is 9.72 Å². The Labute approximate surface area is 137 Å². The van der Waals surface area contributed by atoms with E-state index in [1.807, 2.05) is 36.7 Å². The number of aromatic amines is 1. The SMILES string of the molecule is COCC(c1ccccn1)N(C)Cc1nc2ccsc2c(=O)[nH]1. The van der Waals surface area contributed by atoms with Gasteiger partial charge in [0.25, 0.3) is 5.56 Å². The number of nitrogens with zero attached hydrogens (tertiary/aromatic N) is 3. The first kappa shape index (κ1) is 15.8. The summed E-state index contributed by atoms with van der Waals surface area (Å²) >= 11 is 1.40. The fourth-order valence-corrected chi connectivity index (χ4v) is 3.24. The molecule has 0 aliphatic rings. The number of ether oxygens (including phenoxy) is 1. The molecule has 3 heterocycles. The number of fused-ring (bicyclic) bond motifs is 1. The van der Waals surface area contributed by atoms with E-state index in [9.17, 15) is 4.79 Å². The number of rotatable bonds is 6. The monoisotopic (exact) mass is 330 g/mol. The van der Waals surface area contributed by atoms with Crippen LogP contribution in [0.1, 0.15) is 17.6 Å². The molecule has 0 aliphatic carbocycles. The Hall–Kier alpha value is -2.09. The van der Waals surface area contributed by atoms with Crippen molar-refractivity contribution in [2.24, 2.45) is 0 Å². The van der Waals surface area contributed by atoms with E-state index in [0.29, 0.717) is 23.7 Å². The predicted molar refractivity (Wildman–Crippen MR) is 90.6 cm³/mol. The number of pyridine rings is 1. The van der Waals surface area contributed by atoms with Crippen molar-refractivity contribution in [3.8, 4) is 0 Å². The molecule has 1 atom stereocenters. The average molecular weight is 330 g/mol. The zero-order valence-corrected chi connectivity index (χ0v) is 13.8. The fraction of sp³-hybridized carbons (Fsp3) is 0.312. The van der Waals surface area contributed by atoms with Crippen LogP contribution in [-0.2, 0) is 11.3 Å². The lowest BCUT2D eigenvalue weighted by molar-refractivity contribution is 0.0985. The first-order valence-electron chi connectivity index (χ1n) is 7.25. The van der Waals surface area contributed by atoms with Gasteiger partial charge in [-0.25, -0.2) is 4.98 Å². The maximum atomic E-state index is 12.1. The molecule has 3 aromatic heterocycles. The van der Waals surface area contributed by atoms with E-state index < -0.39 is 0 Å². The van der Waals surface area contributed by atoms with Gasteiger partial charge in [-0.2, -0.15) is 0 Å². The number of H-pyrrole nitrogens is 1. The lowest BCUT2D eigenvalue weighted by Gasteiger charge is -2.26. The lowest BCUT2D eigenvalue weighted by Crippen LogP contribution is -2.29. The van der Waals surface area contributed by atoms with Gasteiger partial charge in [0, 0.05) is 13.3 Å². The van der Waals surface area contributed by atoms with Gasteiger partial charge in [0.05, 0.1) is 30.4 Å². The van der Waals surface area contributed by atoms with Gasteiger partial charge in [-0.05, 0) is 30.6 Å². The second-order valence-electron chi connectivity index (χ2n) is 5.29. The molecule has 7 heteroatoms. The second-order valence-corrected chi connectivity index (χ2v) is 6.20. The third kappa shape index (κ3) is 3.47. The van der Waals surface area contributed by atoms with Crippen molar-refractivity contribution in [1.82, 2.24) is 19.9 Å². The zero-order chi connectivity index (χ0) is 16.2. The minimum Gasteiger partial charge on any atom is -0.383 e. The summed E-state index contributed by atoms with van der Waals surface area (Å²) < 4.78 is 5.99. The molecule has 0 saturated carbocycles. The summed E-state index contributed by atoms with van der Waals surface area (Å²) in [6.07, 6.45) is 1.77. The number of thiophene rings is 1. The van der Waals surface area contributed by atoms with Crippen molar-refractivity contribution in [2.75, 3.05) is 20.8 Å². The number of hydrogen-bond acceptors (Lipinski definition) is 6. The number of hydrogen-bond donors (Lipinski definition) is 1. The molecule has 0 bridgehead atoms. The number of nitrogens with one attached hydrogen (secondary N) is 1. The van der Waals surface area contributed by atoms with E-state index in [4.69, 9.17) is 4.74 Å². The van der Waals surface area contributed by atoms with E-state index in [2.05, 4.69) is 19.9 Å². The van der Waals surface area contributed by atoms with Gasteiger partial charge >= 0.3 is 0 Å². The topological polar surface area (TPSA) is 71.1 Å². The third-order valence-electron chi connectivity index (χ3n) is 3.65. The van der Waals surface area contributed by atoms with Gasteiger partial charge in [-0.3, -0.25) is 14.7 Å². The van der Waals surface area contributed by atoms with Gasteiger partial charge in [0.15, 0.2) is 0 Å². The summed E-state index contributed by atoms with van der Waals surface area (Å²) in [5.74, 6) is 0.639. The molecule has 0 fully saturated rings. The van der Waals surface area contributed by atoms with Crippen LogP contribution in [0.2, 0.25) is 0 Å². The largest absolute Gasteiger partial charge is 0.383 e. The maximum Gasteiger partial charge on any atom is 0.268 e. The Balaban J connectivity index is 1.85. The van der Waals surface area contributed by atoms with Gasteiger partial charge in [-0.1, -0.05) is 6.07 Å². The molecule has 120 valence electrons. The highest BCUT2D eigenvalue weighted by molar-refractivity contribution is 7.17. The predicted octanol–water partition coefficient (Wildman–Crippen LogP) is 2.20. The lowest BCUT2D eigenvalue weighted by atomic mass is 10.1. The van der Waals surface area contributed by atoms with Crippen LogP contribution in [0.25, 0.3) is 10.2 Å². The Morgan fingerprint density at radius 3 is 3.00 bits per heavy atom. The molecule has 0 aliphatic heterocycles. The number of aromatic nitrogens is 3. The molecule has 1 unspecified atom stereocenters. The summed E-state index contributed by atoms with van der Waals surface area (Å²) in [6.45, 7) is 1.02. The van der Waals surface area contributed by atoms with Crippen LogP contribution < -0.4 is 5.56 Å². The van der Waals surface area contributed by atoms with Crippen LogP contribution in [-0.4, -0.2) is 40.6 Å². The highest BCUT2D eigenvalue weighted by Crippen LogP contribution is 2.20. The van der Waals surface area contributed by atoms with Crippen LogP contribution in [0, 0.1) is 0 Å². The normalized spacial score (nSPS) is 12.8. The Morgan fingerprint density at radius 2 is 2.26 bits per heavy atom. The highest BCUT2D eigenvalue weighted by atomic mass is 32.1. The third-order valence-corrected chi connectivity index (χ3v) is 4.55. The molecule has 0 saturated heterocycles. The van der Waals surface area contributed by atoms with E-state index >= 15 is 0 Å². The van der Waals surface area contributed by atoms with Gasteiger partial charge in [0.2, 0.25) is 0 Å². The standard InChI is InChI=1S/C16H18N4O2S/c1-20(13(10-22-2)11-5-3-4-7-17-11)9-14-18-12-6-8-23-15(12)16(21)19-14/h3-8,13H,9-10H2,1-2H3,(H,18,19,21). The average Bonchev–Trinajstić information content (AvgIpc) is 3.02. The molecule has 3 rings (SSSR count). The van der Waals surface area contributed by atoms with Gasteiger partial charge in [0.1, 0.15) is 10.5 Å². The zero-order valence-electron chi connectivity index (χ0n) is 13.0. The molecule has 3 aromatic rings. The van der Waals surface area contributed by atoms with Crippen molar-refractivity contribution in [3.63, 3.8) is 0 Å². The number of likely N-dealkylation sites (N-methyl/N-ethyl adjacent to an activating group) is 1. The van der Waals surface area contributed by atoms with Crippen LogP contribution in [0.4, 0.5) is 0 Å². The van der Waals surface area contributed by atoms with Crippen molar-refractivity contribution in [2.45, 2.75) is 12.6 Å². The summed E-state index contributed by atoms with van der Waals surface area (Å²) in [4.78, 5) is 25.9. The summed E-state index contributed by atoms with van der Waals surface area (Å²) in [6, 6.07) is 7.67. The van der Waals surface area contributed by atoms with E-state index in [-0.39, 0.29) is 11.6 Å². The van der Waals surface area contributed by atoms with Crippen LogP contribution in [0.3, 0.4) is 0 Å². The number of methoxy groups -OCH3 is 1. The first-order valence-corrected chi connectivity index (χ1v) is 8.13. The molecule has 1 N–H and O–H groups in total. The van der Waals surface area contributed by atoms with Crippen molar-refractivity contribution < 1.29 is 4.74 Å². The Morgan fingerprint density at radius 1 is 1.39 bits per heavy atom. The molecular weight excluding hydrogens is 312 g/mol. The fourth-order valence-electron chi connectivity index (χ4n) is 2.51. The molecular formula is C16H18N4O2S.